The van der Waals surface area contributed by atoms with Crippen molar-refractivity contribution in [3.8, 4) is 0 Å². The molecular weight excluding hydrogens is 386 g/mol. The van der Waals surface area contributed by atoms with Crippen LogP contribution < -0.4 is 0 Å². The van der Waals surface area contributed by atoms with Crippen LogP contribution in [-0.2, 0) is 27.5 Å². The lowest BCUT2D eigenvalue weighted by atomic mass is 10.2. The van der Waals surface area contributed by atoms with Crippen LogP contribution >= 0.6 is 0 Å². The Labute approximate surface area is 178 Å². The van der Waals surface area contributed by atoms with E-state index in [-0.39, 0.29) is 17.1 Å². The molecule has 5 nitrogen and oxygen atoms in total. The van der Waals surface area contributed by atoms with E-state index in [2.05, 4.69) is 4.98 Å². The SMILES string of the molecule is CC.CC.CC.CC.O=C(O)Cc1ccc(S(=O)(=O)CCc2ccccn2)cc1. The third kappa shape index (κ3) is 14.4. The average molecular weight is 426 g/mol. The number of carbonyl (C=O) groups is 1. The van der Waals surface area contributed by atoms with Gasteiger partial charge in [-0.1, -0.05) is 73.6 Å². The second-order valence-corrected chi connectivity index (χ2v) is 6.71. The van der Waals surface area contributed by atoms with Crippen LogP contribution in [0.25, 0.3) is 0 Å². The molecule has 0 spiro atoms. The van der Waals surface area contributed by atoms with Gasteiger partial charge in [-0.2, -0.15) is 0 Å². The third-order valence-corrected chi connectivity index (χ3v) is 4.72. The summed E-state index contributed by atoms with van der Waals surface area (Å²) in [7, 11) is -3.39. The lowest BCUT2D eigenvalue weighted by Gasteiger charge is -2.05. The van der Waals surface area contributed by atoms with Crippen molar-refractivity contribution in [1.82, 2.24) is 4.98 Å². The maximum absolute atomic E-state index is 12.2. The van der Waals surface area contributed by atoms with E-state index >= 15 is 0 Å². The summed E-state index contributed by atoms with van der Waals surface area (Å²) in [6.45, 7) is 16.0. The topological polar surface area (TPSA) is 84.3 Å². The Morgan fingerprint density at radius 1 is 0.862 bits per heavy atom. The van der Waals surface area contributed by atoms with Crippen LogP contribution in [0.5, 0.6) is 0 Å². The van der Waals surface area contributed by atoms with Gasteiger partial charge in [-0.25, -0.2) is 8.42 Å². The van der Waals surface area contributed by atoms with Gasteiger partial charge in [-0.05, 0) is 29.8 Å². The van der Waals surface area contributed by atoms with Gasteiger partial charge in [0.2, 0.25) is 0 Å². The Morgan fingerprint density at radius 2 is 1.38 bits per heavy atom. The Bertz CT molecular complexity index is 712. The lowest BCUT2D eigenvalue weighted by molar-refractivity contribution is -0.136. The van der Waals surface area contributed by atoms with Crippen molar-refractivity contribution >= 4 is 15.8 Å². The highest BCUT2D eigenvalue weighted by Crippen LogP contribution is 2.14. The largest absolute Gasteiger partial charge is 0.481 e. The molecule has 1 aromatic carbocycles. The lowest BCUT2D eigenvalue weighted by Crippen LogP contribution is -2.10. The number of hydrogen-bond donors (Lipinski definition) is 1. The zero-order valence-corrected chi connectivity index (χ0v) is 20.1. The van der Waals surface area contributed by atoms with Gasteiger partial charge in [0.25, 0.3) is 0 Å². The Kier molecular flexibility index (Phi) is 22.3. The molecule has 0 aliphatic carbocycles. The van der Waals surface area contributed by atoms with E-state index in [1.165, 1.54) is 24.3 Å². The van der Waals surface area contributed by atoms with Gasteiger partial charge in [-0.15, -0.1) is 0 Å². The third-order valence-electron chi connectivity index (χ3n) is 2.99. The van der Waals surface area contributed by atoms with Crippen molar-refractivity contribution in [3.05, 3.63) is 59.9 Å². The fraction of sp³-hybridized carbons (Fsp3) is 0.478. The highest BCUT2D eigenvalue weighted by molar-refractivity contribution is 7.91. The quantitative estimate of drug-likeness (QED) is 0.629. The first kappa shape index (κ1) is 31.5. The molecule has 2 aromatic rings. The normalized spacial score (nSPS) is 8.97. The van der Waals surface area contributed by atoms with E-state index < -0.39 is 15.8 Å². The van der Waals surface area contributed by atoms with Crippen molar-refractivity contribution in [1.29, 1.82) is 0 Å². The van der Waals surface area contributed by atoms with E-state index in [4.69, 9.17) is 5.11 Å². The summed E-state index contributed by atoms with van der Waals surface area (Å²) < 4.78 is 24.4. The van der Waals surface area contributed by atoms with Crippen molar-refractivity contribution in [2.24, 2.45) is 0 Å². The van der Waals surface area contributed by atoms with E-state index in [0.717, 1.165) is 5.69 Å². The summed E-state index contributed by atoms with van der Waals surface area (Å²) in [5.41, 5.74) is 1.30. The molecule has 0 atom stereocenters. The highest BCUT2D eigenvalue weighted by Gasteiger charge is 2.15. The van der Waals surface area contributed by atoms with Gasteiger partial charge in [0.1, 0.15) is 0 Å². The fourth-order valence-corrected chi connectivity index (χ4v) is 3.16. The maximum atomic E-state index is 12.2. The summed E-state index contributed by atoms with van der Waals surface area (Å²) in [5.74, 6) is -0.969. The molecule has 0 saturated heterocycles. The standard InChI is InChI=1S/C15H15NO4S.4C2H6/c17-15(18)11-12-4-6-14(7-5-12)21(19,20)10-8-13-3-1-2-9-16-13;4*1-2/h1-7,9H,8,10-11H2,(H,17,18);4*1-2H3. The van der Waals surface area contributed by atoms with Crippen LogP contribution in [0, 0.1) is 0 Å². The molecular formula is C23H39NO4S. The number of hydrogen-bond acceptors (Lipinski definition) is 4. The van der Waals surface area contributed by atoms with Crippen molar-refractivity contribution in [3.63, 3.8) is 0 Å². The number of nitrogens with zero attached hydrogens (tertiary/aromatic N) is 1. The minimum Gasteiger partial charge on any atom is -0.481 e. The number of pyridine rings is 1. The summed E-state index contributed by atoms with van der Waals surface area (Å²) >= 11 is 0. The van der Waals surface area contributed by atoms with Crippen molar-refractivity contribution in [2.75, 3.05) is 5.75 Å². The zero-order chi connectivity index (χ0) is 23.3. The predicted octanol–water partition coefficient (Wildman–Crippen LogP) is 5.83. The number of sulfone groups is 1. The Balaban J connectivity index is -0.000000754. The molecule has 6 heteroatoms. The number of aromatic nitrogens is 1. The number of benzene rings is 1. The Hall–Kier alpha value is -2.21. The van der Waals surface area contributed by atoms with Crippen molar-refractivity contribution < 1.29 is 18.3 Å². The van der Waals surface area contributed by atoms with Gasteiger partial charge in [0.05, 0.1) is 17.1 Å². The van der Waals surface area contributed by atoms with E-state index in [1.807, 2.05) is 61.5 Å². The minimum absolute atomic E-state index is 0.0255. The molecule has 1 aromatic heterocycles. The molecule has 0 radical (unpaired) electrons. The van der Waals surface area contributed by atoms with Crippen LogP contribution in [0.3, 0.4) is 0 Å². The first-order valence-electron chi connectivity index (χ1n) is 10.4. The fourth-order valence-electron chi connectivity index (χ4n) is 1.89. The summed E-state index contributed by atoms with van der Waals surface area (Å²) in [6, 6.07) is 11.3. The highest BCUT2D eigenvalue weighted by atomic mass is 32.2. The van der Waals surface area contributed by atoms with Crippen molar-refractivity contribution in [2.45, 2.75) is 73.1 Å². The molecule has 2 rings (SSSR count). The van der Waals surface area contributed by atoms with E-state index in [0.29, 0.717) is 12.0 Å². The predicted molar refractivity (Wildman–Crippen MR) is 123 cm³/mol. The van der Waals surface area contributed by atoms with Gasteiger partial charge < -0.3 is 5.11 Å². The van der Waals surface area contributed by atoms with E-state index in [1.54, 1.807) is 18.3 Å². The van der Waals surface area contributed by atoms with Gasteiger partial charge in [0, 0.05) is 18.3 Å². The smallest absolute Gasteiger partial charge is 0.307 e. The average Bonchev–Trinajstić information content (AvgIpc) is 2.79. The number of carboxylic acids is 1. The minimum atomic E-state index is -3.39. The van der Waals surface area contributed by atoms with Crippen LogP contribution in [0.15, 0.2) is 53.6 Å². The summed E-state index contributed by atoms with van der Waals surface area (Å²) in [6.07, 6.45) is 1.86. The molecule has 0 saturated carbocycles. The molecule has 0 aliphatic heterocycles. The number of carboxylic acid groups (broad SMARTS) is 1. The second kappa shape index (κ2) is 20.5. The molecule has 1 heterocycles. The monoisotopic (exact) mass is 425 g/mol. The summed E-state index contributed by atoms with van der Waals surface area (Å²) in [5, 5.41) is 8.68. The first-order chi connectivity index (χ1) is 14.0. The van der Waals surface area contributed by atoms with Gasteiger partial charge >= 0.3 is 5.97 Å². The molecule has 0 aliphatic rings. The summed E-state index contributed by atoms with van der Waals surface area (Å²) in [4.78, 5) is 14.9. The van der Waals surface area contributed by atoms with Crippen LogP contribution in [0.1, 0.15) is 66.6 Å². The van der Waals surface area contributed by atoms with E-state index in [9.17, 15) is 13.2 Å². The number of rotatable bonds is 6. The molecule has 0 fully saturated rings. The number of aliphatic carboxylic acids is 1. The number of aryl methyl sites for hydroxylation is 1. The molecule has 1 N–H and O–H groups in total. The van der Waals surface area contributed by atoms with Crippen LogP contribution in [0.2, 0.25) is 0 Å². The molecule has 0 unspecified atom stereocenters. The second-order valence-electron chi connectivity index (χ2n) is 4.60. The molecule has 29 heavy (non-hydrogen) atoms. The Morgan fingerprint density at radius 3 is 1.79 bits per heavy atom. The molecule has 0 amide bonds. The zero-order valence-electron chi connectivity index (χ0n) is 19.3. The van der Waals surface area contributed by atoms with Gasteiger partial charge in [-0.3, -0.25) is 9.78 Å². The molecule has 0 bridgehead atoms. The maximum Gasteiger partial charge on any atom is 0.307 e. The van der Waals surface area contributed by atoms with Crippen LogP contribution in [0.4, 0.5) is 0 Å². The van der Waals surface area contributed by atoms with Gasteiger partial charge in [0.15, 0.2) is 9.84 Å². The van der Waals surface area contributed by atoms with Crippen LogP contribution in [-0.4, -0.2) is 30.2 Å². The first-order valence-corrected chi connectivity index (χ1v) is 12.1. The molecule has 166 valence electrons.